The molecule has 2 aromatic rings. The van der Waals surface area contributed by atoms with Crippen LogP contribution in [-0.4, -0.2) is 18.5 Å². The number of carbonyl (C=O) groups is 2. The van der Waals surface area contributed by atoms with Gasteiger partial charge in [0.25, 0.3) is 0 Å². The summed E-state index contributed by atoms with van der Waals surface area (Å²) in [4.78, 5) is 23.6. The average Bonchev–Trinajstić information content (AvgIpc) is 3.04. The maximum atomic E-state index is 11.8. The Labute approximate surface area is 128 Å². The average molecular weight is 299 g/mol. The molecule has 1 heterocycles. The molecule has 0 unspecified atom stereocenters. The SMILES string of the molecule is CCCOC(=O)c1cccc(NC(=O)/C=C/c2ccco2)c1. The number of esters is 1. The van der Waals surface area contributed by atoms with Crippen molar-refractivity contribution in [2.45, 2.75) is 13.3 Å². The summed E-state index contributed by atoms with van der Waals surface area (Å²) in [6, 6.07) is 10.1. The Morgan fingerprint density at radius 2 is 2.14 bits per heavy atom. The first-order chi connectivity index (χ1) is 10.7. The molecule has 1 aromatic carbocycles. The van der Waals surface area contributed by atoms with Gasteiger partial charge in [-0.2, -0.15) is 0 Å². The van der Waals surface area contributed by atoms with E-state index in [9.17, 15) is 9.59 Å². The van der Waals surface area contributed by atoms with Crippen molar-refractivity contribution < 1.29 is 18.7 Å². The minimum Gasteiger partial charge on any atom is -0.465 e. The van der Waals surface area contributed by atoms with Gasteiger partial charge in [-0.05, 0) is 42.8 Å². The molecule has 0 fully saturated rings. The second-order valence-electron chi connectivity index (χ2n) is 4.55. The number of rotatable bonds is 6. The lowest BCUT2D eigenvalue weighted by Gasteiger charge is -2.06. The molecule has 2 rings (SSSR count). The molecule has 114 valence electrons. The zero-order chi connectivity index (χ0) is 15.8. The molecule has 0 saturated heterocycles. The third kappa shape index (κ3) is 4.63. The minimum absolute atomic E-state index is 0.310. The Morgan fingerprint density at radius 3 is 2.86 bits per heavy atom. The largest absolute Gasteiger partial charge is 0.465 e. The topological polar surface area (TPSA) is 68.5 Å². The summed E-state index contributed by atoms with van der Waals surface area (Å²) < 4.78 is 10.1. The van der Waals surface area contributed by atoms with Crippen LogP contribution in [0.4, 0.5) is 5.69 Å². The summed E-state index contributed by atoms with van der Waals surface area (Å²) in [7, 11) is 0. The molecule has 0 aliphatic carbocycles. The van der Waals surface area contributed by atoms with Crippen molar-refractivity contribution in [2.24, 2.45) is 0 Å². The first-order valence-electron chi connectivity index (χ1n) is 6.99. The molecule has 1 N–H and O–H groups in total. The van der Waals surface area contributed by atoms with E-state index in [1.807, 2.05) is 6.92 Å². The van der Waals surface area contributed by atoms with Crippen molar-refractivity contribution in [3.8, 4) is 0 Å². The van der Waals surface area contributed by atoms with Gasteiger partial charge in [-0.15, -0.1) is 0 Å². The second-order valence-corrected chi connectivity index (χ2v) is 4.55. The first-order valence-corrected chi connectivity index (χ1v) is 6.99. The van der Waals surface area contributed by atoms with E-state index < -0.39 is 5.97 Å². The fourth-order valence-electron chi connectivity index (χ4n) is 1.73. The molecule has 5 heteroatoms. The number of hydrogen-bond donors (Lipinski definition) is 1. The fraction of sp³-hybridized carbons (Fsp3) is 0.176. The summed E-state index contributed by atoms with van der Waals surface area (Å²) in [5.41, 5.74) is 0.932. The van der Waals surface area contributed by atoms with Crippen molar-refractivity contribution in [2.75, 3.05) is 11.9 Å². The van der Waals surface area contributed by atoms with Crippen molar-refractivity contribution in [1.29, 1.82) is 0 Å². The number of nitrogens with one attached hydrogen (secondary N) is 1. The van der Waals surface area contributed by atoms with Crippen LogP contribution in [0.3, 0.4) is 0 Å². The third-order valence-corrected chi connectivity index (χ3v) is 2.75. The lowest BCUT2D eigenvalue weighted by Crippen LogP contribution is -2.10. The van der Waals surface area contributed by atoms with Crippen LogP contribution in [0.2, 0.25) is 0 Å². The van der Waals surface area contributed by atoms with Gasteiger partial charge in [0.05, 0.1) is 18.4 Å². The first kappa shape index (κ1) is 15.6. The molecule has 0 atom stereocenters. The Morgan fingerprint density at radius 1 is 1.27 bits per heavy atom. The summed E-state index contributed by atoms with van der Waals surface area (Å²) in [6.07, 6.45) is 5.22. The fourth-order valence-corrected chi connectivity index (χ4v) is 1.73. The maximum absolute atomic E-state index is 11.8. The Bertz CT molecular complexity index is 659. The van der Waals surface area contributed by atoms with Crippen LogP contribution in [0.25, 0.3) is 6.08 Å². The van der Waals surface area contributed by atoms with Crippen LogP contribution in [0, 0.1) is 0 Å². The molecular weight excluding hydrogens is 282 g/mol. The van der Waals surface area contributed by atoms with Crippen LogP contribution in [0.5, 0.6) is 0 Å². The maximum Gasteiger partial charge on any atom is 0.338 e. The molecule has 1 amide bonds. The van der Waals surface area contributed by atoms with Crippen molar-refractivity contribution >= 4 is 23.6 Å². The van der Waals surface area contributed by atoms with Gasteiger partial charge in [-0.1, -0.05) is 13.0 Å². The van der Waals surface area contributed by atoms with Crippen LogP contribution in [-0.2, 0) is 9.53 Å². The molecular formula is C17H17NO4. The number of carbonyl (C=O) groups excluding carboxylic acids is 2. The standard InChI is InChI=1S/C17H17NO4/c1-2-10-22-17(20)13-5-3-6-14(12-13)18-16(19)9-8-15-7-4-11-21-15/h3-9,11-12H,2,10H2,1H3,(H,18,19)/b9-8+. The highest BCUT2D eigenvalue weighted by atomic mass is 16.5. The monoisotopic (exact) mass is 299 g/mol. The van der Waals surface area contributed by atoms with Gasteiger partial charge in [0.15, 0.2) is 0 Å². The van der Waals surface area contributed by atoms with Gasteiger partial charge >= 0.3 is 5.97 Å². The van der Waals surface area contributed by atoms with Gasteiger partial charge in [0, 0.05) is 11.8 Å². The van der Waals surface area contributed by atoms with Crippen LogP contribution < -0.4 is 5.32 Å². The number of hydrogen-bond acceptors (Lipinski definition) is 4. The summed E-state index contributed by atoms with van der Waals surface area (Å²) in [6.45, 7) is 2.30. The zero-order valence-electron chi connectivity index (χ0n) is 12.2. The van der Waals surface area contributed by atoms with E-state index in [0.29, 0.717) is 23.6 Å². The molecule has 0 saturated carbocycles. The van der Waals surface area contributed by atoms with Gasteiger partial charge in [0.1, 0.15) is 5.76 Å². The molecule has 0 spiro atoms. The van der Waals surface area contributed by atoms with Crippen LogP contribution >= 0.6 is 0 Å². The van der Waals surface area contributed by atoms with E-state index in [4.69, 9.17) is 9.15 Å². The van der Waals surface area contributed by atoms with Gasteiger partial charge in [-0.3, -0.25) is 4.79 Å². The lowest BCUT2D eigenvalue weighted by molar-refractivity contribution is -0.111. The van der Waals surface area contributed by atoms with Gasteiger partial charge < -0.3 is 14.5 Å². The van der Waals surface area contributed by atoms with Gasteiger partial charge in [-0.25, -0.2) is 4.79 Å². The highest BCUT2D eigenvalue weighted by Crippen LogP contribution is 2.12. The predicted octanol–water partition coefficient (Wildman–Crippen LogP) is 3.50. The quantitative estimate of drug-likeness (QED) is 0.654. The van der Waals surface area contributed by atoms with Gasteiger partial charge in [0.2, 0.25) is 5.91 Å². The minimum atomic E-state index is -0.399. The second kappa shape index (κ2) is 7.83. The normalized spacial score (nSPS) is 10.6. The van der Waals surface area contributed by atoms with E-state index >= 15 is 0 Å². The van der Waals surface area contributed by atoms with Crippen molar-refractivity contribution in [3.63, 3.8) is 0 Å². The number of furan rings is 1. The third-order valence-electron chi connectivity index (χ3n) is 2.75. The molecule has 1 aromatic heterocycles. The van der Waals surface area contributed by atoms with E-state index in [1.165, 1.54) is 12.3 Å². The molecule has 5 nitrogen and oxygen atoms in total. The Kier molecular flexibility index (Phi) is 5.54. The Hall–Kier alpha value is -2.82. The molecule has 0 aliphatic heterocycles. The molecule has 22 heavy (non-hydrogen) atoms. The predicted molar refractivity (Wildman–Crippen MR) is 83.4 cm³/mol. The number of amides is 1. The number of anilines is 1. The van der Waals surface area contributed by atoms with E-state index in [0.717, 1.165) is 6.42 Å². The molecule has 0 aliphatic rings. The van der Waals surface area contributed by atoms with E-state index in [2.05, 4.69) is 5.32 Å². The van der Waals surface area contributed by atoms with E-state index in [1.54, 1.807) is 42.5 Å². The highest BCUT2D eigenvalue weighted by molar-refractivity contribution is 6.02. The zero-order valence-corrected chi connectivity index (χ0v) is 12.2. The number of benzene rings is 1. The highest BCUT2D eigenvalue weighted by Gasteiger charge is 2.08. The summed E-state index contributed by atoms with van der Waals surface area (Å²) in [5, 5.41) is 2.68. The van der Waals surface area contributed by atoms with Crippen molar-refractivity contribution in [3.05, 3.63) is 60.1 Å². The van der Waals surface area contributed by atoms with Crippen LogP contribution in [0.15, 0.2) is 53.2 Å². The summed E-state index contributed by atoms with van der Waals surface area (Å²) >= 11 is 0. The molecule has 0 radical (unpaired) electrons. The summed E-state index contributed by atoms with van der Waals surface area (Å²) in [5.74, 6) is -0.119. The van der Waals surface area contributed by atoms with Crippen LogP contribution in [0.1, 0.15) is 29.5 Å². The lowest BCUT2D eigenvalue weighted by atomic mass is 10.2. The number of ether oxygens (including phenoxy) is 1. The van der Waals surface area contributed by atoms with E-state index in [-0.39, 0.29) is 5.91 Å². The Balaban J connectivity index is 1.97. The van der Waals surface area contributed by atoms with Crippen molar-refractivity contribution in [1.82, 2.24) is 0 Å². The molecule has 0 bridgehead atoms. The smallest absolute Gasteiger partial charge is 0.338 e.